The third kappa shape index (κ3) is 4.69. The minimum atomic E-state index is -0.0202. The molecule has 1 aromatic rings. The molecular weight excluding hydrogens is 274 g/mol. The number of hydrogen-bond acceptors (Lipinski definition) is 3. The smallest absolute Gasteiger partial charge is 0.225 e. The number of halogens is 1. The van der Waals surface area contributed by atoms with E-state index >= 15 is 0 Å². The SMILES string of the molecule is CCN(CCC(=O)Nc1cc(Cl)ccc1N)CC1CC1. The van der Waals surface area contributed by atoms with Crippen LogP contribution < -0.4 is 11.1 Å². The van der Waals surface area contributed by atoms with Crippen molar-refractivity contribution in [3.05, 3.63) is 23.2 Å². The first-order valence-electron chi connectivity index (χ1n) is 7.15. The third-order valence-electron chi connectivity index (χ3n) is 3.61. The summed E-state index contributed by atoms with van der Waals surface area (Å²) in [6, 6.07) is 5.08. The highest BCUT2D eigenvalue weighted by molar-refractivity contribution is 6.31. The van der Waals surface area contributed by atoms with Crippen LogP contribution in [0.3, 0.4) is 0 Å². The van der Waals surface area contributed by atoms with Crippen LogP contribution in [0, 0.1) is 5.92 Å². The molecule has 0 aromatic heterocycles. The van der Waals surface area contributed by atoms with Gasteiger partial charge in [-0.2, -0.15) is 0 Å². The molecule has 0 spiro atoms. The molecule has 0 heterocycles. The zero-order valence-corrected chi connectivity index (χ0v) is 12.6. The molecular formula is C15H22ClN3O. The fourth-order valence-corrected chi connectivity index (χ4v) is 2.33. The zero-order valence-electron chi connectivity index (χ0n) is 11.9. The number of nitrogens with two attached hydrogens (primary N) is 1. The molecule has 5 heteroatoms. The summed E-state index contributed by atoms with van der Waals surface area (Å²) in [5.41, 5.74) is 6.94. The summed E-state index contributed by atoms with van der Waals surface area (Å²) in [7, 11) is 0. The Morgan fingerprint density at radius 1 is 1.50 bits per heavy atom. The van der Waals surface area contributed by atoms with Gasteiger partial charge in [0.25, 0.3) is 0 Å². The van der Waals surface area contributed by atoms with E-state index in [0.29, 0.717) is 22.8 Å². The topological polar surface area (TPSA) is 58.4 Å². The van der Waals surface area contributed by atoms with Gasteiger partial charge in [0.2, 0.25) is 5.91 Å². The maximum absolute atomic E-state index is 12.0. The highest BCUT2D eigenvalue weighted by atomic mass is 35.5. The van der Waals surface area contributed by atoms with Crippen LogP contribution in [0.25, 0.3) is 0 Å². The Bertz CT molecular complexity index is 474. The molecule has 2 rings (SSSR count). The number of nitrogen functional groups attached to an aromatic ring is 1. The van der Waals surface area contributed by atoms with Crippen LogP contribution in [0.15, 0.2) is 18.2 Å². The van der Waals surface area contributed by atoms with E-state index < -0.39 is 0 Å². The first kappa shape index (κ1) is 15.1. The van der Waals surface area contributed by atoms with Gasteiger partial charge in [-0.25, -0.2) is 0 Å². The van der Waals surface area contributed by atoms with Crippen molar-refractivity contribution in [2.24, 2.45) is 5.92 Å². The Morgan fingerprint density at radius 2 is 2.25 bits per heavy atom. The molecule has 1 aliphatic rings. The predicted molar refractivity (Wildman–Crippen MR) is 83.9 cm³/mol. The molecule has 1 saturated carbocycles. The number of hydrogen-bond donors (Lipinski definition) is 2. The van der Waals surface area contributed by atoms with Crippen LogP contribution in [0.5, 0.6) is 0 Å². The fourth-order valence-electron chi connectivity index (χ4n) is 2.15. The molecule has 1 amide bonds. The largest absolute Gasteiger partial charge is 0.397 e. The van der Waals surface area contributed by atoms with Crippen LogP contribution in [0.4, 0.5) is 11.4 Å². The molecule has 3 N–H and O–H groups in total. The van der Waals surface area contributed by atoms with Gasteiger partial charge >= 0.3 is 0 Å². The second kappa shape index (κ2) is 6.95. The van der Waals surface area contributed by atoms with E-state index in [0.717, 1.165) is 25.6 Å². The molecule has 0 bridgehead atoms. The summed E-state index contributed by atoms with van der Waals surface area (Å²) in [6.45, 7) is 5.03. The van der Waals surface area contributed by atoms with Crippen molar-refractivity contribution >= 4 is 28.9 Å². The highest BCUT2D eigenvalue weighted by Crippen LogP contribution is 2.29. The van der Waals surface area contributed by atoms with Gasteiger partial charge in [0.1, 0.15) is 0 Å². The number of rotatable bonds is 7. The quantitative estimate of drug-likeness (QED) is 0.760. The predicted octanol–water partition coefficient (Wildman–Crippen LogP) is 2.98. The van der Waals surface area contributed by atoms with Crippen LogP contribution in [0.2, 0.25) is 5.02 Å². The van der Waals surface area contributed by atoms with E-state index in [4.69, 9.17) is 17.3 Å². The molecule has 0 atom stereocenters. The van der Waals surface area contributed by atoms with Crippen molar-refractivity contribution in [3.63, 3.8) is 0 Å². The molecule has 1 fully saturated rings. The van der Waals surface area contributed by atoms with E-state index in [1.165, 1.54) is 12.8 Å². The zero-order chi connectivity index (χ0) is 14.5. The Kier molecular flexibility index (Phi) is 5.26. The van der Waals surface area contributed by atoms with E-state index in [1.807, 2.05) is 0 Å². The summed E-state index contributed by atoms with van der Waals surface area (Å²) >= 11 is 5.90. The summed E-state index contributed by atoms with van der Waals surface area (Å²) in [4.78, 5) is 14.3. The van der Waals surface area contributed by atoms with Crippen LogP contribution in [0.1, 0.15) is 26.2 Å². The van der Waals surface area contributed by atoms with Gasteiger partial charge in [-0.15, -0.1) is 0 Å². The van der Waals surface area contributed by atoms with Gasteiger partial charge in [0, 0.05) is 24.5 Å². The van der Waals surface area contributed by atoms with Crippen molar-refractivity contribution in [2.75, 3.05) is 30.7 Å². The molecule has 1 aromatic carbocycles. The average molecular weight is 296 g/mol. The van der Waals surface area contributed by atoms with Crippen LogP contribution in [-0.4, -0.2) is 30.4 Å². The first-order valence-corrected chi connectivity index (χ1v) is 7.53. The standard InChI is InChI=1S/C15H22ClN3O/c1-2-19(10-11-3-4-11)8-7-15(20)18-14-9-12(16)5-6-13(14)17/h5-6,9,11H,2-4,7-8,10,17H2,1H3,(H,18,20). The molecule has 0 saturated heterocycles. The highest BCUT2D eigenvalue weighted by Gasteiger charge is 2.23. The number of amides is 1. The average Bonchev–Trinajstić information content (AvgIpc) is 3.22. The number of nitrogens with one attached hydrogen (secondary N) is 1. The van der Waals surface area contributed by atoms with Crippen molar-refractivity contribution in [2.45, 2.75) is 26.2 Å². The van der Waals surface area contributed by atoms with Crippen molar-refractivity contribution in [1.29, 1.82) is 0 Å². The van der Waals surface area contributed by atoms with Gasteiger partial charge in [0.05, 0.1) is 11.4 Å². The van der Waals surface area contributed by atoms with Crippen molar-refractivity contribution in [3.8, 4) is 0 Å². The lowest BCUT2D eigenvalue weighted by atomic mass is 10.2. The number of benzene rings is 1. The second-order valence-electron chi connectivity index (χ2n) is 5.37. The molecule has 0 unspecified atom stereocenters. The lowest BCUT2D eigenvalue weighted by Crippen LogP contribution is -2.29. The molecule has 4 nitrogen and oxygen atoms in total. The second-order valence-corrected chi connectivity index (χ2v) is 5.80. The molecule has 20 heavy (non-hydrogen) atoms. The van der Waals surface area contributed by atoms with Crippen molar-refractivity contribution in [1.82, 2.24) is 4.90 Å². The van der Waals surface area contributed by atoms with Crippen LogP contribution in [-0.2, 0) is 4.79 Å². The van der Waals surface area contributed by atoms with Crippen molar-refractivity contribution < 1.29 is 4.79 Å². The Balaban J connectivity index is 1.80. The Hall–Kier alpha value is -1.26. The van der Waals surface area contributed by atoms with Gasteiger partial charge in [-0.3, -0.25) is 4.79 Å². The molecule has 1 aliphatic carbocycles. The lowest BCUT2D eigenvalue weighted by Gasteiger charge is -2.19. The molecule has 0 radical (unpaired) electrons. The number of nitrogens with zero attached hydrogens (tertiary/aromatic N) is 1. The number of carbonyl (C=O) groups excluding carboxylic acids is 1. The summed E-state index contributed by atoms with van der Waals surface area (Å²) in [5.74, 6) is 0.829. The van der Waals surface area contributed by atoms with Gasteiger partial charge < -0.3 is 16.0 Å². The number of anilines is 2. The van der Waals surface area contributed by atoms with Gasteiger partial charge in [0.15, 0.2) is 0 Å². The minimum absolute atomic E-state index is 0.0202. The summed E-state index contributed by atoms with van der Waals surface area (Å²) in [5, 5.41) is 3.39. The maximum atomic E-state index is 12.0. The lowest BCUT2D eigenvalue weighted by molar-refractivity contribution is -0.116. The Morgan fingerprint density at radius 3 is 2.90 bits per heavy atom. The minimum Gasteiger partial charge on any atom is -0.397 e. The molecule has 110 valence electrons. The summed E-state index contributed by atoms with van der Waals surface area (Å²) in [6.07, 6.45) is 3.15. The Labute approximate surface area is 125 Å². The maximum Gasteiger partial charge on any atom is 0.225 e. The van der Waals surface area contributed by atoms with Gasteiger partial charge in [-0.05, 0) is 43.5 Å². The first-order chi connectivity index (χ1) is 9.58. The summed E-state index contributed by atoms with van der Waals surface area (Å²) < 4.78 is 0. The van der Waals surface area contributed by atoms with E-state index in [9.17, 15) is 4.79 Å². The normalized spacial score (nSPS) is 14.6. The third-order valence-corrected chi connectivity index (χ3v) is 3.84. The van der Waals surface area contributed by atoms with Crippen LogP contribution >= 0.6 is 11.6 Å². The van der Waals surface area contributed by atoms with Gasteiger partial charge in [-0.1, -0.05) is 18.5 Å². The number of carbonyl (C=O) groups is 1. The molecule has 0 aliphatic heterocycles. The van der Waals surface area contributed by atoms with E-state index in [-0.39, 0.29) is 5.91 Å². The van der Waals surface area contributed by atoms with E-state index in [1.54, 1.807) is 18.2 Å². The monoisotopic (exact) mass is 295 g/mol. The van der Waals surface area contributed by atoms with E-state index in [2.05, 4.69) is 17.1 Å². The fraction of sp³-hybridized carbons (Fsp3) is 0.533.